The lowest BCUT2D eigenvalue weighted by Gasteiger charge is -2.04. The van der Waals surface area contributed by atoms with Crippen molar-refractivity contribution in [2.75, 3.05) is 0 Å². The number of carboxylic acids is 1. The van der Waals surface area contributed by atoms with Gasteiger partial charge in [0.2, 0.25) is 0 Å². The normalized spacial score (nSPS) is 10.9. The number of aromatic carboxylic acids is 1. The topological polar surface area (TPSA) is 55.1 Å². The van der Waals surface area contributed by atoms with Gasteiger partial charge in [0.1, 0.15) is 0 Å². The van der Waals surface area contributed by atoms with Crippen molar-refractivity contribution in [1.82, 2.24) is 9.78 Å². The Bertz CT molecular complexity index is 353. The number of carboxylic acid groups (broad SMARTS) is 1. The molecule has 4 nitrogen and oxygen atoms in total. The molecule has 1 heterocycles. The molecule has 0 aliphatic carbocycles. The zero-order chi connectivity index (χ0) is 10.9. The Morgan fingerprint density at radius 1 is 1.57 bits per heavy atom. The maximum Gasteiger partial charge on any atom is 0.356 e. The zero-order valence-electron chi connectivity index (χ0n) is 9.03. The lowest BCUT2D eigenvalue weighted by atomic mass is 10.0. The van der Waals surface area contributed by atoms with Crippen LogP contribution in [-0.4, -0.2) is 20.9 Å². The largest absolute Gasteiger partial charge is 0.476 e. The summed E-state index contributed by atoms with van der Waals surface area (Å²) in [6, 6.07) is 0. The van der Waals surface area contributed by atoms with Crippen LogP contribution in [0.15, 0.2) is 0 Å². The van der Waals surface area contributed by atoms with Crippen molar-refractivity contribution in [3.05, 3.63) is 17.0 Å². The first-order chi connectivity index (χ1) is 6.43. The molecule has 0 bridgehead atoms. The predicted octanol–water partition coefficient (Wildman–Crippen LogP) is 1.63. The number of aromatic nitrogens is 2. The molecule has 0 saturated heterocycles. The van der Waals surface area contributed by atoms with Crippen molar-refractivity contribution < 1.29 is 9.90 Å². The smallest absolute Gasteiger partial charge is 0.356 e. The second-order valence-electron chi connectivity index (χ2n) is 3.94. The molecular formula is C10H16N2O2. The summed E-state index contributed by atoms with van der Waals surface area (Å²) in [7, 11) is 1.77. The van der Waals surface area contributed by atoms with Crippen LogP contribution in [0.5, 0.6) is 0 Å². The zero-order valence-corrected chi connectivity index (χ0v) is 9.03. The fourth-order valence-electron chi connectivity index (χ4n) is 1.48. The standard InChI is InChI=1S/C10H16N2O2/c1-6(2)5-8-7(3)12(4)11-9(8)10(13)14/h6H,5H2,1-4H3,(H,13,14). The molecule has 0 radical (unpaired) electrons. The van der Waals surface area contributed by atoms with Gasteiger partial charge in [-0.2, -0.15) is 5.10 Å². The van der Waals surface area contributed by atoms with Crippen molar-refractivity contribution >= 4 is 5.97 Å². The summed E-state index contributed by atoms with van der Waals surface area (Å²) in [5.41, 5.74) is 1.99. The molecule has 0 atom stereocenters. The van der Waals surface area contributed by atoms with Crippen molar-refractivity contribution in [3.8, 4) is 0 Å². The van der Waals surface area contributed by atoms with Crippen molar-refractivity contribution in [1.29, 1.82) is 0 Å². The monoisotopic (exact) mass is 196 g/mol. The van der Waals surface area contributed by atoms with E-state index in [-0.39, 0.29) is 5.69 Å². The lowest BCUT2D eigenvalue weighted by Crippen LogP contribution is -2.04. The van der Waals surface area contributed by atoms with Gasteiger partial charge in [0.15, 0.2) is 5.69 Å². The quantitative estimate of drug-likeness (QED) is 0.799. The van der Waals surface area contributed by atoms with Gasteiger partial charge in [-0.05, 0) is 19.3 Å². The van der Waals surface area contributed by atoms with Crippen molar-refractivity contribution in [2.45, 2.75) is 27.2 Å². The molecule has 0 spiro atoms. The molecule has 0 saturated carbocycles. The molecule has 0 amide bonds. The minimum Gasteiger partial charge on any atom is -0.476 e. The molecular weight excluding hydrogens is 180 g/mol. The van der Waals surface area contributed by atoms with Gasteiger partial charge < -0.3 is 5.11 Å². The van der Waals surface area contributed by atoms with Gasteiger partial charge in [0.25, 0.3) is 0 Å². The minimum atomic E-state index is -0.940. The average Bonchev–Trinajstić information content (AvgIpc) is 2.32. The summed E-state index contributed by atoms with van der Waals surface area (Å²) in [5, 5.41) is 12.9. The van der Waals surface area contributed by atoms with E-state index < -0.39 is 5.97 Å². The number of aryl methyl sites for hydroxylation is 1. The molecule has 1 aromatic heterocycles. The van der Waals surface area contributed by atoms with Crippen LogP contribution in [0, 0.1) is 12.8 Å². The molecule has 14 heavy (non-hydrogen) atoms. The SMILES string of the molecule is Cc1c(CC(C)C)c(C(=O)O)nn1C. The van der Waals surface area contributed by atoms with E-state index in [9.17, 15) is 4.79 Å². The highest BCUT2D eigenvalue weighted by molar-refractivity contribution is 5.87. The van der Waals surface area contributed by atoms with E-state index in [0.29, 0.717) is 5.92 Å². The molecule has 0 unspecified atom stereocenters. The Hall–Kier alpha value is -1.32. The number of hydrogen-bond donors (Lipinski definition) is 1. The Morgan fingerprint density at radius 3 is 2.57 bits per heavy atom. The van der Waals surface area contributed by atoms with Gasteiger partial charge in [0.05, 0.1) is 0 Å². The first-order valence-corrected chi connectivity index (χ1v) is 4.69. The summed E-state index contributed by atoms with van der Waals surface area (Å²) in [6.45, 7) is 6.04. The van der Waals surface area contributed by atoms with Crippen LogP contribution >= 0.6 is 0 Å². The highest BCUT2D eigenvalue weighted by Crippen LogP contribution is 2.17. The predicted molar refractivity (Wildman–Crippen MR) is 53.4 cm³/mol. The third-order valence-corrected chi connectivity index (χ3v) is 2.27. The Balaban J connectivity index is 3.16. The molecule has 0 aliphatic rings. The lowest BCUT2D eigenvalue weighted by molar-refractivity contribution is 0.0688. The molecule has 1 aromatic rings. The summed E-state index contributed by atoms with van der Waals surface area (Å²) in [4.78, 5) is 10.9. The average molecular weight is 196 g/mol. The van der Waals surface area contributed by atoms with Crippen LogP contribution in [0.2, 0.25) is 0 Å². The number of rotatable bonds is 3. The van der Waals surface area contributed by atoms with Crippen LogP contribution in [0.3, 0.4) is 0 Å². The van der Waals surface area contributed by atoms with Gasteiger partial charge in [-0.1, -0.05) is 13.8 Å². The van der Waals surface area contributed by atoms with Gasteiger partial charge in [0, 0.05) is 18.3 Å². The third-order valence-electron chi connectivity index (χ3n) is 2.27. The van der Waals surface area contributed by atoms with Crippen LogP contribution in [0.25, 0.3) is 0 Å². The molecule has 0 aromatic carbocycles. The highest BCUT2D eigenvalue weighted by atomic mass is 16.4. The molecule has 1 N–H and O–H groups in total. The van der Waals surface area contributed by atoms with E-state index in [1.807, 2.05) is 6.92 Å². The van der Waals surface area contributed by atoms with Gasteiger partial charge in [-0.15, -0.1) is 0 Å². The summed E-state index contributed by atoms with van der Waals surface area (Å²) in [5.74, 6) is -0.500. The van der Waals surface area contributed by atoms with Crippen molar-refractivity contribution in [2.24, 2.45) is 13.0 Å². The van der Waals surface area contributed by atoms with Gasteiger partial charge in [-0.25, -0.2) is 4.79 Å². The number of nitrogens with zero attached hydrogens (tertiary/aromatic N) is 2. The van der Waals surface area contributed by atoms with E-state index in [1.54, 1.807) is 11.7 Å². The number of carbonyl (C=O) groups is 1. The molecule has 4 heteroatoms. The third kappa shape index (κ3) is 1.95. The Kier molecular flexibility index (Phi) is 2.93. The van der Waals surface area contributed by atoms with E-state index >= 15 is 0 Å². The maximum absolute atomic E-state index is 10.9. The van der Waals surface area contributed by atoms with Gasteiger partial charge in [-0.3, -0.25) is 4.68 Å². The molecule has 78 valence electrons. The van der Waals surface area contributed by atoms with Crippen LogP contribution < -0.4 is 0 Å². The van der Waals surface area contributed by atoms with E-state index in [1.165, 1.54) is 0 Å². The highest BCUT2D eigenvalue weighted by Gasteiger charge is 2.18. The maximum atomic E-state index is 10.9. The summed E-state index contributed by atoms with van der Waals surface area (Å²) < 4.78 is 1.63. The summed E-state index contributed by atoms with van der Waals surface area (Å²) >= 11 is 0. The fraction of sp³-hybridized carbons (Fsp3) is 0.600. The number of hydrogen-bond acceptors (Lipinski definition) is 2. The second kappa shape index (κ2) is 3.82. The first-order valence-electron chi connectivity index (χ1n) is 4.69. The second-order valence-corrected chi connectivity index (χ2v) is 3.94. The Morgan fingerprint density at radius 2 is 2.14 bits per heavy atom. The van der Waals surface area contributed by atoms with Crippen molar-refractivity contribution in [3.63, 3.8) is 0 Å². The Labute approximate surface area is 83.5 Å². The molecule has 1 rings (SSSR count). The van der Waals surface area contributed by atoms with Crippen LogP contribution in [0.1, 0.15) is 35.6 Å². The first kappa shape index (κ1) is 10.8. The minimum absolute atomic E-state index is 0.193. The van der Waals surface area contributed by atoms with Gasteiger partial charge >= 0.3 is 5.97 Å². The molecule has 0 fully saturated rings. The van der Waals surface area contributed by atoms with Crippen LogP contribution in [0.4, 0.5) is 0 Å². The van der Waals surface area contributed by atoms with E-state index in [4.69, 9.17) is 5.11 Å². The van der Waals surface area contributed by atoms with E-state index in [2.05, 4.69) is 18.9 Å². The fourth-order valence-corrected chi connectivity index (χ4v) is 1.48. The van der Waals surface area contributed by atoms with E-state index in [0.717, 1.165) is 17.7 Å². The van der Waals surface area contributed by atoms with Crippen LogP contribution in [-0.2, 0) is 13.5 Å². The molecule has 0 aliphatic heterocycles. The summed E-state index contributed by atoms with van der Waals surface area (Å²) in [6.07, 6.45) is 0.765.